The number of carbonyl (C=O) groups excluding carboxylic acids is 2. The zero-order valence-corrected chi connectivity index (χ0v) is 23.3. The third-order valence-corrected chi connectivity index (χ3v) is 8.15. The molecule has 1 heterocycles. The summed E-state index contributed by atoms with van der Waals surface area (Å²) in [6.07, 6.45) is 1.91. The highest BCUT2D eigenvalue weighted by Gasteiger charge is 2.29. The number of anilines is 1. The van der Waals surface area contributed by atoms with Crippen LogP contribution in [0.5, 0.6) is 0 Å². The number of benzene rings is 4. The van der Waals surface area contributed by atoms with Crippen molar-refractivity contribution in [3.05, 3.63) is 135 Å². The first-order valence-corrected chi connectivity index (χ1v) is 14.0. The highest BCUT2D eigenvalue weighted by molar-refractivity contribution is 8.04. The Balaban J connectivity index is 1.32. The van der Waals surface area contributed by atoms with Gasteiger partial charge >= 0.3 is 0 Å². The van der Waals surface area contributed by atoms with Crippen LogP contribution in [0.1, 0.15) is 51.0 Å². The molecule has 1 N–H and O–H groups in total. The molecule has 0 saturated heterocycles. The summed E-state index contributed by atoms with van der Waals surface area (Å²) in [4.78, 5) is 30.0. The molecule has 0 saturated carbocycles. The minimum Gasteiger partial charge on any atom is -0.351 e. The molecule has 1 aliphatic heterocycles. The molecule has 4 aromatic rings. The molecule has 0 bridgehead atoms. The van der Waals surface area contributed by atoms with Gasteiger partial charge in [0.2, 0.25) is 0 Å². The number of nitrogens with one attached hydrogen (secondary N) is 1. The van der Waals surface area contributed by atoms with Crippen LogP contribution >= 0.6 is 11.8 Å². The Morgan fingerprint density at radius 1 is 0.923 bits per heavy atom. The molecule has 0 spiro atoms. The summed E-state index contributed by atoms with van der Waals surface area (Å²) < 4.78 is 0. The SMILES string of the molecule is Cc1ccc(C)c(CN2C(=O)/C(=C/c3ccc(C(=O)NCC(C)c4ccccc4)cc3)Sc3ccccc32)c1. The van der Waals surface area contributed by atoms with Crippen molar-refractivity contribution in [2.75, 3.05) is 11.4 Å². The molecule has 5 heteroatoms. The maximum atomic E-state index is 13.7. The molecule has 0 aromatic heterocycles. The molecule has 2 amide bonds. The van der Waals surface area contributed by atoms with Gasteiger partial charge in [-0.25, -0.2) is 0 Å². The molecular formula is C34H32N2O2S. The van der Waals surface area contributed by atoms with Crippen molar-refractivity contribution >= 4 is 35.3 Å². The van der Waals surface area contributed by atoms with E-state index in [0.717, 1.165) is 21.7 Å². The van der Waals surface area contributed by atoms with E-state index in [9.17, 15) is 9.59 Å². The monoisotopic (exact) mass is 532 g/mol. The smallest absolute Gasteiger partial charge is 0.265 e. The predicted molar refractivity (Wildman–Crippen MR) is 161 cm³/mol. The van der Waals surface area contributed by atoms with Gasteiger partial charge in [-0.1, -0.05) is 97.0 Å². The zero-order valence-electron chi connectivity index (χ0n) is 22.5. The van der Waals surface area contributed by atoms with Crippen molar-refractivity contribution in [3.8, 4) is 0 Å². The van der Waals surface area contributed by atoms with Gasteiger partial charge in [0.15, 0.2) is 0 Å². The Morgan fingerprint density at radius 3 is 2.41 bits per heavy atom. The third-order valence-electron chi connectivity index (χ3n) is 7.07. The first-order valence-electron chi connectivity index (χ1n) is 13.2. The Morgan fingerprint density at radius 2 is 1.64 bits per heavy atom. The summed E-state index contributed by atoms with van der Waals surface area (Å²) in [5.41, 5.74) is 7.10. The molecule has 39 heavy (non-hydrogen) atoms. The number of aryl methyl sites for hydroxylation is 2. The quantitative estimate of drug-likeness (QED) is 0.251. The van der Waals surface area contributed by atoms with Gasteiger partial charge in [0.1, 0.15) is 0 Å². The van der Waals surface area contributed by atoms with E-state index in [1.165, 1.54) is 28.5 Å². The Bertz CT molecular complexity index is 1530. The van der Waals surface area contributed by atoms with E-state index in [-0.39, 0.29) is 17.7 Å². The molecule has 4 nitrogen and oxygen atoms in total. The fourth-order valence-electron chi connectivity index (χ4n) is 4.69. The van der Waals surface area contributed by atoms with Crippen LogP contribution < -0.4 is 10.2 Å². The molecular weight excluding hydrogens is 500 g/mol. The lowest BCUT2D eigenvalue weighted by molar-refractivity contribution is -0.114. The van der Waals surface area contributed by atoms with Crippen LogP contribution in [-0.2, 0) is 11.3 Å². The standard InChI is InChI=1S/C34H32N2O2S/c1-23-13-14-24(2)29(19-23)22-36-30-11-7-8-12-31(30)39-32(34(36)38)20-26-15-17-28(18-16-26)33(37)35-21-25(3)27-9-5-4-6-10-27/h4-20,25H,21-22H2,1-3H3,(H,35,37)/b32-20-. The predicted octanol–water partition coefficient (Wildman–Crippen LogP) is 7.52. The number of rotatable bonds is 7. The molecule has 4 aromatic carbocycles. The topological polar surface area (TPSA) is 49.4 Å². The molecule has 1 atom stereocenters. The number of amides is 2. The molecule has 1 aliphatic rings. The number of hydrogen-bond donors (Lipinski definition) is 1. The number of para-hydroxylation sites is 1. The Labute approximate surface area is 234 Å². The van der Waals surface area contributed by atoms with Crippen LogP contribution in [0.2, 0.25) is 0 Å². The highest BCUT2D eigenvalue weighted by atomic mass is 32.2. The second-order valence-corrected chi connectivity index (χ2v) is 11.1. The summed E-state index contributed by atoms with van der Waals surface area (Å²) >= 11 is 1.49. The summed E-state index contributed by atoms with van der Waals surface area (Å²) in [5.74, 6) is 0.105. The number of nitrogens with zero attached hydrogens (tertiary/aromatic N) is 1. The van der Waals surface area contributed by atoms with E-state index in [0.29, 0.717) is 23.6 Å². The lowest BCUT2D eigenvalue weighted by Gasteiger charge is -2.31. The Kier molecular flexibility index (Phi) is 7.99. The summed E-state index contributed by atoms with van der Waals surface area (Å²) in [6.45, 7) is 7.34. The van der Waals surface area contributed by atoms with Crippen LogP contribution in [0, 0.1) is 13.8 Å². The van der Waals surface area contributed by atoms with E-state index in [4.69, 9.17) is 0 Å². The minimum absolute atomic E-state index is 0.0173. The van der Waals surface area contributed by atoms with Crippen molar-refractivity contribution in [2.24, 2.45) is 0 Å². The van der Waals surface area contributed by atoms with Crippen LogP contribution in [-0.4, -0.2) is 18.4 Å². The maximum absolute atomic E-state index is 13.7. The lowest BCUT2D eigenvalue weighted by atomic mass is 10.0. The van der Waals surface area contributed by atoms with Crippen molar-refractivity contribution in [1.29, 1.82) is 0 Å². The first kappa shape index (κ1) is 26.5. The summed E-state index contributed by atoms with van der Waals surface area (Å²) in [7, 11) is 0. The van der Waals surface area contributed by atoms with Gasteiger partial charge in [-0.3, -0.25) is 9.59 Å². The van der Waals surface area contributed by atoms with E-state index >= 15 is 0 Å². The van der Waals surface area contributed by atoms with Gasteiger partial charge in [-0.05, 0) is 72.4 Å². The van der Waals surface area contributed by atoms with Gasteiger partial charge in [0.25, 0.3) is 11.8 Å². The molecule has 0 radical (unpaired) electrons. The first-order chi connectivity index (χ1) is 18.9. The van der Waals surface area contributed by atoms with Crippen molar-refractivity contribution in [3.63, 3.8) is 0 Å². The fourth-order valence-corrected chi connectivity index (χ4v) is 5.75. The van der Waals surface area contributed by atoms with Crippen molar-refractivity contribution in [2.45, 2.75) is 38.1 Å². The van der Waals surface area contributed by atoms with Gasteiger partial charge in [0, 0.05) is 17.0 Å². The summed E-state index contributed by atoms with van der Waals surface area (Å²) in [5, 5.41) is 3.03. The summed E-state index contributed by atoms with van der Waals surface area (Å²) in [6, 6.07) is 32.0. The minimum atomic E-state index is -0.103. The van der Waals surface area contributed by atoms with Crippen LogP contribution in [0.3, 0.4) is 0 Å². The van der Waals surface area contributed by atoms with Crippen LogP contribution in [0.25, 0.3) is 6.08 Å². The normalized spacial score (nSPS) is 14.7. The fraction of sp³-hybridized carbons (Fsp3) is 0.176. The second kappa shape index (κ2) is 11.7. The maximum Gasteiger partial charge on any atom is 0.265 e. The molecule has 1 unspecified atom stereocenters. The average molecular weight is 533 g/mol. The second-order valence-electron chi connectivity index (χ2n) is 10.0. The number of carbonyl (C=O) groups is 2. The van der Waals surface area contributed by atoms with Crippen molar-refractivity contribution in [1.82, 2.24) is 5.32 Å². The van der Waals surface area contributed by atoms with Gasteiger partial charge in [0.05, 0.1) is 17.1 Å². The number of hydrogen-bond acceptors (Lipinski definition) is 3. The van der Waals surface area contributed by atoms with Crippen LogP contribution in [0.15, 0.2) is 107 Å². The van der Waals surface area contributed by atoms with Gasteiger partial charge in [-0.15, -0.1) is 0 Å². The Hall–Kier alpha value is -4.09. The van der Waals surface area contributed by atoms with E-state index < -0.39 is 0 Å². The molecule has 196 valence electrons. The zero-order chi connectivity index (χ0) is 27.4. The number of thioether (sulfide) groups is 1. The van der Waals surface area contributed by atoms with Crippen molar-refractivity contribution < 1.29 is 9.59 Å². The van der Waals surface area contributed by atoms with Crippen LogP contribution in [0.4, 0.5) is 5.69 Å². The average Bonchev–Trinajstić information content (AvgIpc) is 2.96. The number of fused-ring (bicyclic) bond motifs is 1. The van der Waals surface area contributed by atoms with E-state index in [1.807, 2.05) is 71.6 Å². The lowest BCUT2D eigenvalue weighted by Crippen LogP contribution is -2.34. The molecule has 0 aliphatic carbocycles. The largest absolute Gasteiger partial charge is 0.351 e. The van der Waals surface area contributed by atoms with Gasteiger partial charge < -0.3 is 10.2 Å². The molecule has 5 rings (SSSR count). The van der Waals surface area contributed by atoms with E-state index in [2.05, 4.69) is 62.5 Å². The van der Waals surface area contributed by atoms with Gasteiger partial charge in [-0.2, -0.15) is 0 Å². The molecule has 0 fully saturated rings. The van der Waals surface area contributed by atoms with E-state index in [1.54, 1.807) is 0 Å². The highest BCUT2D eigenvalue weighted by Crippen LogP contribution is 2.42. The third kappa shape index (κ3) is 6.15.